The van der Waals surface area contributed by atoms with E-state index in [0.29, 0.717) is 17.5 Å². The average Bonchev–Trinajstić information content (AvgIpc) is 2.75. The molecule has 2 aromatic rings. The largest absolute Gasteiger partial charge is 0.478 e. The highest BCUT2D eigenvalue weighted by atomic mass is 16.6. The van der Waals surface area contributed by atoms with Crippen LogP contribution in [0.15, 0.2) is 53.0 Å². The van der Waals surface area contributed by atoms with Gasteiger partial charge in [0.05, 0.1) is 0 Å². The predicted molar refractivity (Wildman–Crippen MR) is 61.9 cm³/mol. The molecule has 4 heteroatoms. The van der Waals surface area contributed by atoms with Crippen LogP contribution in [0.3, 0.4) is 0 Å². The fourth-order valence-corrected chi connectivity index (χ4v) is 1.24. The van der Waals surface area contributed by atoms with E-state index < -0.39 is 5.97 Å². The fraction of sp³-hybridized carbons (Fsp3) is 0. The number of hydrogen-bond acceptors (Lipinski definition) is 3. The molecule has 0 radical (unpaired) electrons. The topological polar surface area (TPSA) is 59.7 Å². The first kappa shape index (κ1) is 11.0. The number of hydrogen-bond donors (Lipinski definition) is 1. The summed E-state index contributed by atoms with van der Waals surface area (Å²) < 4.78 is 10.7. The fourth-order valence-electron chi connectivity index (χ4n) is 1.24. The summed E-state index contributed by atoms with van der Waals surface area (Å²) in [5.41, 5.74) is 0. The number of para-hydroxylation sites is 1. The van der Waals surface area contributed by atoms with Crippen LogP contribution in [0.25, 0.3) is 6.08 Å². The van der Waals surface area contributed by atoms with Gasteiger partial charge in [0.25, 0.3) is 5.95 Å². The van der Waals surface area contributed by atoms with Crippen molar-refractivity contribution in [2.45, 2.75) is 0 Å². The zero-order chi connectivity index (χ0) is 12.1. The first-order valence-corrected chi connectivity index (χ1v) is 4.98. The van der Waals surface area contributed by atoms with Crippen LogP contribution in [0.1, 0.15) is 5.76 Å². The monoisotopic (exact) mass is 230 g/mol. The van der Waals surface area contributed by atoms with E-state index in [0.717, 1.165) is 6.08 Å². The first-order chi connectivity index (χ1) is 8.24. The van der Waals surface area contributed by atoms with Gasteiger partial charge in [0, 0.05) is 12.1 Å². The number of rotatable bonds is 4. The lowest BCUT2D eigenvalue weighted by Crippen LogP contribution is -1.84. The number of carbonyl (C=O) groups is 1. The summed E-state index contributed by atoms with van der Waals surface area (Å²) in [5, 5.41) is 8.46. The molecule has 1 aromatic heterocycles. The van der Waals surface area contributed by atoms with Crippen molar-refractivity contribution in [3.8, 4) is 11.7 Å². The van der Waals surface area contributed by atoms with Gasteiger partial charge in [-0.15, -0.1) is 0 Å². The van der Waals surface area contributed by atoms with Gasteiger partial charge in [-0.25, -0.2) is 4.79 Å². The summed E-state index contributed by atoms with van der Waals surface area (Å²) in [4.78, 5) is 10.3. The Morgan fingerprint density at radius 3 is 2.65 bits per heavy atom. The van der Waals surface area contributed by atoms with Gasteiger partial charge in [-0.1, -0.05) is 18.2 Å². The molecule has 1 aromatic carbocycles. The van der Waals surface area contributed by atoms with Gasteiger partial charge in [0.15, 0.2) is 0 Å². The van der Waals surface area contributed by atoms with Crippen molar-refractivity contribution in [2.24, 2.45) is 0 Å². The SMILES string of the molecule is O=C(O)/C=C/c1ccc(Oc2ccccc2)o1. The second-order valence-corrected chi connectivity index (χ2v) is 3.24. The summed E-state index contributed by atoms with van der Waals surface area (Å²) >= 11 is 0. The molecule has 0 unspecified atom stereocenters. The smallest absolute Gasteiger partial charge is 0.328 e. The van der Waals surface area contributed by atoms with Crippen molar-refractivity contribution in [2.75, 3.05) is 0 Å². The van der Waals surface area contributed by atoms with Crippen LogP contribution in [0.5, 0.6) is 11.7 Å². The summed E-state index contributed by atoms with van der Waals surface area (Å²) in [7, 11) is 0. The molecule has 4 nitrogen and oxygen atoms in total. The van der Waals surface area contributed by atoms with Crippen LogP contribution >= 0.6 is 0 Å². The number of ether oxygens (including phenoxy) is 1. The molecule has 0 bridgehead atoms. The molecule has 0 atom stereocenters. The highest BCUT2D eigenvalue weighted by molar-refractivity contribution is 5.84. The van der Waals surface area contributed by atoms with E-state index in [1.165, 1.54) is 6.08 Å². The van der Waals surface area contributed by atoms with Crippen LogP contribution in [0, 0.1) is 0 Å². The quantitative estimate of drug-likeness (QED) is 0.819. The summed E-state index contributed by atoms with van der Waals surface area (Å²) in [6, 6.07) is 12.5. The van der Waals surface area contributed by atoms with Crippen molar-refractivity contribution in [1.82, 2.24) is 0 Å². The molecule has 0 saturated heterocycles. The van der Waals surface area contributed by atoms with Gasteiger partial charge in [-0.2, -0.15) is 0 Å². The van der Waals surface area contributed by atoms with Gasteiger partial charge in [0.2, 0.25) is 0 Å². The van der Waals surface area contributed by atoms with Gasteiger partial charge in [0.1, 0.15) is 11.5 Å². The lowest BCUT2D eigenvalue weighted by molar-refractivity contribution is -0.131. The van der Waals surface area contributed by atoms with E-state index in [2.05, 4.69) is 0 Å². The Morgan fingerprint density at radius 1 is 1.18 bits per heavy atom. The molecule has 0 aliphatic rings. The van der Waals surface area contributed by atoms with Crippen LogP contribution in [-0.4, -0.2) is 11.1 Å². The van der Waals surface area contributed by atoms with Crippen molar-refractivity contribution in [1.29, 1.82) is 0 Å². The molecule has 17 heavy (non-hydrogen) atoms. The standard InChI is InChI=1S/C13H10O4/c14-12(15)8-6-11-7-9-13(17-11)16-10-4-2-1-3-5-10/h1-9H,(H,14,15)/b8-6+. The molecule has 0 aliphatic heterocycles. The third-order valence-corrected chi connectivity index (χ3v) is 1.95. The van der Waals surface area contributed by atoms with Crippen LogP contribution in [-0.2, 0) is 4.79 Å². The van der Waals surface area contributed by atoms with Crippen molar-refractivity contribution >= 4 is 12.0 Å². The minimum absolute atomic E-state index is 0.321. The highest BCUT2D eigenvalue weighted by Gasteiger charge is 2.02. The summed E-state index contributed by atoms with van der Waals surface area (Å²) in [6.07, 6.45) is 2.37. The molecule has 2 rings (SSSR count). The zero-order valence-corrected chi connectivity index (χ0v) is 8.87. The van der Waals surface area contributed by atoms with E-state index in [1.54, 1.807) is 24.3 Å². The molecule has 0 fully saturated rings. The minimum Gasteiger partial charge on any atom is -0.478 e. The molecule has 86 valence electrons. The number of furan rings is 1. The summed E-state index contributed by atoms with van der Waals surface area (Å²) in [6.45, 7) is 0. The Hall–Kier alpha value is -2.49. The van der Waals surface area contributed by atoms with Gasteiger partial charge >= 0.3 is 5.97 Å². The molecule has 0 aliphatic carbocycles. The van der Waals surface area contributed by atoms with Crippen molar-refractivity contribution < 1.29 is 19.1 Å². The molecular formula is C13H10O4. The minimum atomic E-state index is -1.02. The van der Waals surface area contributed by atoms with E-state index in [4.69, 9.17) is 14.3 Å². The van der Waals surface area contributed by atoms with Gasteiger partial charge in [-0.05, 0) is 24.3 Å². The Bertz CT molecular complexity index is 525. The Kier molecular flexibility index (Phi) is 3.25. The number of carboxylic acid groups (broad SMARTS) is 1. The Balaban J connectivity index is 2.06. The molecule has 0 spiro atoms. The molecule has 1 N–H and O–H groups in total. The van der Waals surface area contributed by atoms with E-state index >= 15 is 0 Å². The second-order valence-electron chi connectivity index (χ2n) is 3.24. The highest BCUT2D eigenvalue weighted by Crippen LogP contribution is 2.23. The number of carboxylic acids is 1. The zero-order valence-electron chi connectivity index (χ0n) is 8.87. The molecule has 0 saturated carbocycles. The maximum absolute atomic E-state index is 10.3. The van der Waals surface area contributed by atoms with E-state index in [-0.39, 0.29) is 0 Å². The van der Waals surface area contributed by atoms with E-state index in [9.17, 15) is 4.79 Å². The first-order valence-electron chi connectivity index (χ1n) is 4.98. The van der Waals surface area contributed by atoms with Crippen LogP contribution in [0.2, 0.25) is 0 Å². The number of aliphatic carboxylic acids is 1. The predicted octanol–water partition coefficient (Wildman–Crippen LogP) is 3.17. The lowest BCUT2D eigenvalue weighted by atomic mass is 10.3. The number of benzene rings is 1. The van der Waals surface area contributed by atoms with Crippen LogP contribution in [0.4, 0.5) is 0 Å². The normalized spacial score (nSPS) is 10.6. The Labute approximate surface area is 97.8 Å². The Morgan fingerprint density at radius 2 is 1.94 bits per heavy atom. The van der Waals surface area contributed by atoms with Gasteiger partial charge < -0.3 is 14.3 Å². The molecule has 0 amide bonds. The maximum atomic E-state index is 10.3. The lowest BCUT2D eigenvalue weighted by Gasteiger charge is -1.99. The van der Waals surface area contributed by atoms with Gasteiger partial charge in [-0.3, -0.25) is 0 Å². The third kappa shape index (κ3) is 3.24. The maximum Gasteiger partial charge on any atom is 0.328 e. The van der Waals surface area contributed by atoms with Crippen molar-refractivity contribution in [3.63, 3.8) is 0 Å². The molecule has 1 heterocycles. The summed E-state index contributed by atoms with van der Waals surface area (Å²) in [5.74, 6) is 0.391. The average molecular weight is 230 g/mol. The molecular weight excluding hydrogens is 220 g/mol. The second kappa shape index (κ2) is 5.03. The van der Waals surface area contributed by atoms with Crippen LogP contribution < -0.4 is 4.74 Å². The third-order valence-electron chi connectivity index (χ3n) is 1.95. The van der Waals surface area contributed by atoms with Crippen molar-refractivity contribution in [3.05, 3.63) is 54.3 Å². The van der Waals surface area contributed by atoms with E-state index in [1.807, 2.05) is 18.2 Å².